The Labute approximate surface area is 256 Å². The first-order chi connectivity index (χ1) is 20.6. The number of benzene rings is 3. The minimum Gasteiger partial charge on any atom is -0.494 e. The topological polar surface area (TPSA) is 96.0 Å². The number of amides is 2. The minimum absolute atomic E-state index is 0.0797. The Morgan fingerprint density at radius 1 is 0.930 bits per heavy atom. The molecule has 2 amide bonds. The maximum atomic E-state index is 14.3. The number of hydrogen-bond acceptors (Lipinski definition) is 5. The van der Waals surface area contributed by atoms with Crippen LogP contribution in [0.1, 0.15) is 62.6 Å². The van der Waals surface area contributed by atoms with E-state index in [1.807, 2.05) is 52.0 Å². The van der Waals surface area contributed by atoms with E-state index in [0.717, 1.165) is 46.7 Å². The highest BCUT2D eigenvalue weighted by molar-refractivity contribution is 7.92. The van der Waals surface area contributed by atoms with Crippen molar-refractivity contribution in [2.45, 2.75) is 83.3 Å². The van der Waals surface area contributed by atoms with Crippen LogP contribution in [0.15, 0.2) is 77.7 Å². The van der Waals surface area contributed by atoms with Crippen LogP contribution in [0.4, 0.5) is 5.69 Å². The molecule has 8 nitrogen and oxygen atoms in total. The van der Waals surface area contributed by atoms with Gasteiger partial charge in [0.1, 0.15) is 18.3 Å². The lowest BCUT2D eigenvalue weighted by atomic mass is 10.1. The van der Waals surface area contributed by atoms with E-state index in [9.17, 15) is 18.0 Å². The second-order valence-electron chi connectivity index (χ2n) is 11.2. The van der Waals surface area contributed by atoms with Crippen LogP contribution in [0.25, 0.3) is 0 Å². The predicted molar refractivity (Wildman–Crippen MR) is 170 cm³/mol. The highest BCUT2D eigenvalue weighted by Gasteiger charge is 2.34. The zero-order chi connectivity index (χ0) is 31.0. The molecule has 4 rings (SSSR count). The molecular formula is C34H43N3O5S. The van der Waals surface area contributed by atoms with Crippen LogP contribution in [0.5, 0.6) is 5.75 Å². The molecule has 43 heavy (non-hydrogen) atoms. The number of anilines is 1. The third-order valence-electron chi connectivity index (χ3n) is 7.85. The average molecular weight is 606 g/mol. The van der Waals surface area contributed by atoms with Gasteiger partial charge in [-0.2, -0.15) is 0 Å². The van der Waals surface area contributed by atoms with Gasteiger partial charge in [-0.1, -0.05) is 67.3 Å². The van der Waals surface area contributed by atoms with Crippen molar-refractivity contribution in [1.29, 1.82) is 0 Å². The highest BCUT2D eigenvalue weighted by Crippen LogP contribution is 2.27. The van der Waals surface area contributed by atoms with Gasteiger partial charge in [-0.25, -0.2) is 8.42 Å². The van der Waals surface area contributed by atoms with Crippen molar-refractivity contribution in [3.8, 4) is 5.75 Å². The van der Waals surface area contributed by atoms with Gasteiger partial charge < -0.3 is 15.0 Å². The SMILES string of the molecule is CCOc1ccc(N(CC(=O)N(Cc2cccc(C)c2)[C@H](CC)C(=O)NC2CCCC2)S(=O)(=O)c2ccc(C)cc2)cc1. The Kier molecular flexibility index (Phi) is 10.9. The van der Waals surface area contributed by atoms with Crippen molar-refractivity contribution in [3.05, 3.63) is 89.5 Å². The summed E-state index contributed by atoms with van der Waals surface area (Å²) >= 11 is 0. The van der Waals surface area contributed by atoms with Gasteiger partial charge in [-0.05, 0) is 82.0 Å². The van der Waals surface area contributed by atoms with Crippen molar-refractivity contribution in [2.75, 3.05) is 17.5 Å². The lowest BCUT2D eigenvalue weighted by Crippen LogP contribution is -2.53. The maximum absolute atomic E-state index is 14.3. The van der Waals surface area contributed by atoms with E-state index < -0.39 is 28.5 Å². The first-order valence-corrected chi connectivity index (χ1v) is 16.5. The van der Waals surface area contributed by atoms with Crippen LogP contribution in [0.3, 0.4) is 0 Å². The molecule has 9 heteroatoms. The molecule has 1 saturated carbocycles. The standard InChI is InChI=1S/C34H43N3O5S/c1-5-32(34(39)35-28-12-7-8-13-28)36(23-27-11-9-10-26(4)22-27)33(38)24-37(29-16-18-30(19-17-29)42-6-2)43(40,41)31-20-14-25(3)15-21-31/h9-11,14-22,28,32H,5-8,12-13,23-24H2,1-4H3,(H,35,39)/t32-/m1/s1. The summed E-state index contributed by atoms with van der Waals surface area (Å²) in [4.78, 5) is 29.5. The molecule has 1 fully saturated rings. The first kappa shape index (κ1) is 32.1. The molecule has 0 aromatic heterocycles. The summed E-state index contributed by atoms with van der Waals surface area (Å²) in [7, 11) is -4.13. The molecule has 1 atom stereocenters. The Morgan fingerprint density at radius 3 is 2.21 bits per heavy atom. The van der Waals surface area contributed by atoms with E-state index in [1.165, 1.54) is 4.90 Å². The van der Waals surface area contributed by atoms with Gasteiger partial charge in [0.2, 0.25) is 11.8 Å². The zero-order valence-electron chi connectivity index (χ0n) is 25.6. The molecule has 0 aliphatic heterocycles. The molecule has 0 radical (unpaired) electrons. The van der Waals surface area contributed by atoms with Crippen molar-refractivity contribution >= 4 is 27.5 Å². The van der Waals surface area contributed by atoms with Crippen molar-refractivity contribution in [1.82, 2.24) is 10.2 Å². The summed E-state index contributed by atoms with van der Waals surface area (Å²) < 4.78 is 34.8. The number of nitrogens with zero attached hydrogens (tertiary/aromatic N) is 2. The van der Waals surface area contributed by atoms with E-state index in [4.69, 9.17) is 4.74 Å². The van der Waals surface area contributed by atoms with Gasteiger partial charge in [0.15, 0.2) is 0 Å². The molecule has 3 aromatic rings. The lowest BCUT2D eigenvalue weighted by Gasteiger charge is -2.34. The molecule has 230 valence electrons. The van der Waals surface area contributed by atoms with Crippen molar-refractivity contribution < 1.29 is 22.7 Å². The molecular weight excluding hydrogens is 562 g/mol. The van der Waals surface area contributed by atoms with Gasteiger partial charge in [0.25, 0.3) is 10.0 Å². The molecule has 1 aliphatic carbocycles. The number of aryl methyl sites for hydroxylation is 2. The molecule has 0 spiro atoms. The minimum atomic E-state index is -4.13. The summed E-state index contributed by atoms with van der Waals surface area (Å²) in [5, 5.41) is 3.15. The van der Waals surface area contributed by atoms with E-state index >= 15 is 0 Å². The van der Waals surface area contributed by atoms with Gasteiger partial charge in [0, 0.05) is 12.6 Å². The Morgan fingerprint density at radius 2 is 1.60 bits per heavy atom. The van der Waals surface area contributed by atoms with Crippen molar-refractivity contribution in [2.24, 2.45) is 0 Å². The van der Waals surface area contributed by atoms with Crippen LogP contribution in [-0.2, 0) is 26.2 Å². The van der Waals surface area contributed by atoms with Crippen molar-refractivity contribution in [3.63, 3.8) is 0 Å². The number of carbonyl (C=O) groups excluding carboxylic acids is 2. The number of carbonyl (C=O) groups is 2. The van der Waals surface area contributed by atoms with Crippen LogP contribution in [0.2, 0.25) is 0 Å². The average Bonchev–Trinajstić information content (AvgIpc) is 3.49. The summed E-state index contributed by atoms with van der Waals surface area (Å²) in [6.07, 6.45) is 4.38. The summed E-state index contributed by atoms with van der Waals surface area (Å²) in [5.74, 6) is -0.0649. The van der Waals surface area contributed by atoms with Gasteiger partial charge in [-0.3, -0.25) is 13.9 Å². The molecule has 0 bridgehead atoms. The van der Waals surface area contributed by atoms with Crippen LogP contribution in [0, 0.1) is 13.8 Å². The third-order valence-corrected chi connectivity index (χ3v) is 9.63. The Balaban J connectivity index is 1.71. The first-order valence-electron chi connectivity index (χ1n) is 15.1. The summed E-state index contributed by atoms with van der Waals surface area (Å²) in [6.45, 7) is 7.79. The molecule has 1 N–H and O–H groups in total. The quantitative estimate of drug-likeness (QED) is 0.267. The largest absolute Gasteiger partial charge is 0.494 e. The molecule has 0 unspecified atom stereocenters. The lowest BCUT2D eigenvalue weighted by molar-refractivity contribution is -0.140. The van der Waals surface area contributed by atoms with Gasteiger partial charge in [-0.15, -0.1) is 0 Å². The maximum Gasteiger partial charge on any atom is 0.264 e. The normalized spacial score (nSPS) is 14.2. The van der Waals surface area contributed by atoms with E-state index in [1.54, 1.807) is 48.5 Å². The van der Waals surface area contributed by atoms with Crippen LogP contribution in [-0.4, -0.2) is 50.4 Å². The monoisotopic (exact) mass is 605 g/mol. The van der Waals surface area contributed by atoms with Gasteiger partial charge >= 0.3 is 0 Å². The molecule has 1 aliphatic rings. The molecule has 3 aromatic carbocycles. The Hall–Kier alpha value is -3.85. The van der Waals surface area contributed by atoms with E-state index in [2.05, 4.69) is 5.32 Å². The number of nitrogens with one attached hydrogen (secondary N) is 1. The highest BCUT2D eigenvalue weighted by atomic mass is 32.2. The number of sulfonamides is 1. The second-order valence-corrected chi connectivity index (χ2v) is 13.0. The van der Waals surface area contributed by atoms with E-state index in [0.29, 0.717) is 24.5 Å². The summed E-state index contributed by atoms with van der Waals surface area (Å²) in [5.41, 5.74) is 3.16. The van der Waals surface area contributed by atoms with Crippen LogP contribution < -0.4 is 14.4 Å². The third kappa shape index (κ3) is 8.16. The Bertz CT molecular complexity index is 1480. The van der Waals surface area contributed by atoms with E-state index in [-0.39, 0.29) is 23.4 Å². The predicted octanol–water partition coefficient (Wildman–Crippen LogP) is 5.76. The number of hydrogen-bond donors (Lipinski definition) is 1. The van der Waals surface area contributed by atoms with Crippen LogP contribution >= 0.6 is 0 Å². The fourth-order valence-corrected chi connectivity index (χ4v) is 6.95. The molecule has 0 saturated heterocycles. The molecule has 0 heterocycles. The smallest absolute Gasteiger partial charge is 0.264 e. The summed E-state index contributed by atoms with van der Waals surface area (Å²) in [6, 6.07) is 20.3. The fraction of sp³-hybridized carbons (Fsp3) is 0.412. The second kappa shape index (κ2) is 14.6. The fourth-order valence-electron chi connectivity index (χ4n) is 5.54. The number of rotatable bonds is 13. The zero-order valence-corrected chi connectivity index (χ0v) is 26.4. The van der Waals surface area contributed by atoms with Gasteiger partial charge in [0.05, 0.1) is 17.2 Å². The number of ether oxygens (including phenoxy) is 1.